The SMILES string of the molecule is CC1(O)CCCN(C(=O)C2CNC(=O)CN2)CC1. The second-order valence-corrected chi connectivity index (χ2v) is 5.41. The average Bonchev–Trinajstić information content (AvgIpc) is 2.50. The fourth-order valence-corrected chi connectivity index (χ4v) is 2.45. The van der Waals surface area contributed by atoms with Crippen LogP contribution in [0.1, 0.15) is 26.2 Å². The van der Waals surface area contributed by atoms with Crippen molar-refractivity contribution in [3.05, 3.63) is 0 Å². The van der Waals surface area contributed by atoms with E-state index in [1.165, 1.54) is 0 Å². The standard InChI is InChI=1S/C12H21N3O3/c1-12(18)3-2-5-15(6-4-12)11(17)9-7-14-10(16)8-13-9/h9,13,18H,2-8H2,1H3,(H,14,16). The third-order valence-electron chi connectivity index (χ3n) is 3.69. The smallest absolute Gasteiger partial charge is 0.241 e. The highest BCUT2D eigenvalue weighted by atomic mass is 16.3. The Morgan fingerprint density at radius 2 is 2.22 bits per heavy atom. The largest absolute Gasteiger partial charge is 0.390 e. The van der Waals surface area contributed by atoms with Crippen molar-refractivity contribution in [2.75, 3.05) is 26.2 Å². The predicted octanol–water partition coefficient (Wildman–Crippen LogP) is -1.16. The van der Waals surface area contributed by atoms with Gasteiger partial charge in [0, 0.05) is 19.6 Å². The summed E-state index contributed by atoms with van der Waals surface area (Å²) in [6, 6.07) is -0.328. The number of hydrogen-bond donors (Lipinski definition) is 3. The van der Waals surface area contributed by atoms with Crippen LogP contribution in [-0.4, -0.2) is 59.6 Å². The molecule has 6 nitrogen and oxygen atoms in total. The highest BCUT2D eigenvalue weighted by Crippen LogP contribution is 2.21. The van der Waals surface area contributed by atoms with Gasteiger partial charge in [-0.3, -0.25) is 14.9 Å². The van der Waals surface area contributed by atoms with Gasteiger partial charge in [-0.1, -0.05) is 0 Å². The number of hydrogen-bond acceptors (Lipinski definition) is 4. The summed E-state index contributed by atoms with van der Waals surface area (Å²) < 4.78 is 0. The van der Waals surface area contributed by atoms with Gasteiger partial charge in [0.1, 0.15) is 6.04 Å². The molecule has 2 aliphatic heterocycles. The van der Waals surface area contributed by atoms with Crippen molar-refractivity contribution in [3.63, 3.8) is 0 Å². The van der Waals surface area contributed by atoms with Crippen LogP contribution in [0.15, 0.2) is 0 Å². The number of aliphatic hydroxyl groups is 1. The first-order valence-electron chi connectivity index (χ1n) is 6.49. The Hall–Kier alpha value is -1.14. The molecule has 6 heteroatoms. The molecule has 0 saturated carbocycles. The molecular formula is C12H21N3O3. The number of carbonyl (C=O) groups excluding carboxylic acids is 2. The summed E-state index contributed by atoms with van der Waals surface area (Å²) in [5, 5.41) is 15.6. The molecule has 0 aliphatic carbocycles. The molecule has 2 unspecified atom stereocenters. The zero-order chi connectivity index (χ0) is 13.2. The van der Waals surface area contributed by atoms with Crippen LogP contribution in [0.25, 0.3) is 0 Å². The van der Waals surface area contributed by atoms with E-state index in [1.807, 2.05) is 6.92 Å². The average molecular weight is 255 g/mol. The Kier molecular flexibility index (Phi) is 3.87. The van der Waals surface area contributed by atoms with Crippen molar-refractivity contribution in [2.45, 2.75) is 37.8 Å². The lowest BCUT2D eigenvalue weighted by atomic mass is 9.98. The first-order valence-corrected chi connectivity index (χ1v) is 6.49. The van der Waals surface area contributed by atoms with Crippen molar-refractivity contribution >= 4 is 11.8 Å². The normalized spacial score (nSPS) is 33.8. The van der Waals surface area contributed by atoms with Crippen LogP contribution in [0.2, 0.25) is 0 Å². The van der Waals surface area contributed by atoms with Gasteiger partial charge >= 0.3 is 0 Å². The molecule has 18 heavy (non-hydrogen) atoms. The summed E-state index contributed by atoms with van der Waals surface area (Å²) in [7, 11) is 0. The number of amides is 2. The second-order valence-electron chi connectivity index (χ2n) is 5.41. The molecule has 2 heterocycles. The summed E-state index contributed by atoms with van der Waals surface area (Å²) in [6.45, 7) is 3.63. The maximum atomic E-state index is 12.3. The lowest BCUT2D eigenvalue weighted by molar-refractivity contribution is -0.135. The lowest BCUT2D eigenvalue weighted by Crippen LogP contribution is -2.58. The molecule has 2 rings (SSSR count). The maximum absolute atomic E-state index is 12.3. The van der Waals surface area contributed by atoms with Gasteiger partial charge < -0.3 is 15.3 Å². The number of rotatable bonds is 1. The first-order chi connectivity index (χ1) is 8.48. The van der Waals surface area contributed by atoms with Crippen LogP contribution in [0.5, 0.6) is 0 Å². The van der Waals surface area contributed by atoms with E-state index in [0.717, 1.165) is 12.8 Å². The van der Waals surface area contributed by atoms with E-state index in [2.05, 4.69) is 10.6 Å². The zero-order valence-electron chi connectivity index (χ0n) is 10.7. The summed E-state index contributed by atoms with van der Waals surface area (Å²) in [4.78, 5) is 25.1. The summed E-state index contributed by atoms with van der Waals surface area (Å²) in [6.07, 6.45) is 2.15. The van der Waals surface area contributed by atoms with Crippen LogP contribution in [-0.2, 0) is 9.59 Å². The maximum Gasteiger partial charge on any atom is 0.241 e. The van der Waals surface area contributed by atoms with E-state index in [1.54, 1.807) is 4.90 Å². The molecule has 0 aromatic carbocycles. The van der Waals surface area contributed by atoms with Gasteiger partial charge in [-0.25, -0.2) is 0 Å². The number of nitrogens with one attached hydrogen (secondary N) is 2. The molecule has 2 fully saturated rings. The van der Waals surface area contributed by atoms with Gasteiger partial charge in [-0.2, -0.15) is 0 Å². The van der Waals surface area contributed by atoms with Crippen LogP contribution in [0.3, 0.4) is 0 Å². The highest BCUT2D eigenvalue weighted by Gasteiger charge is 2.31. The minimum Gasteiger partial charge on any atom is -0.390 e. The molecule has 2 amide bonds. The number of likely N-dealkylation sites (tertiary alicyclic amines) is 1. The molecule has 2 atom stereocenters. The fraction of sp³-hybridized carbons (Fsp3) is 0.833. The van der Waals surface area contributed by atoms with Crippen molar-refractivity contribution < 1.29 is 14.7 Å². The molecule has 102 valence electrons. The Morgan fingerprint density at radius 3 is 2.89 bits per heavy atom. The van der Waals surface area contributed by atoms with Crippen LogP contribution >= 0.6 is 0 Å². The number of piperazine rings is 1. The predicted molar refractivity (Wildman–Crippen MR) is 65.9 cm³/mol. The molecule has 0 radical (unpaired) electrons. The second kappa shape index (κ2) is 5.24. The molecule has 3 N–H and O–H groups in total. The number of nitrogens with zero attached hydrogens (tertiary/aromatic N) is 1. The fourth-order valence-electron chi connectivity index (χ4n) is 2.45. The molecular weight excluding hydrogens is 234 g/mol. The Bertz CT molecular complexity index is 333. The van der Waals surface area contributed by atoms with Crippen molar-refractivity contribution in [3.8, 4) is 0 Å². The minimum absolute atomic E-state index is 0.0210. The number of carbonyl (C=O) groups is 2. The molecule has 0 bridgehead atoms. The van der Waals surface area contributed by atoms with E-state index in [9.17, 15) is 14.7 Å². The topological polar surface area (TPSA) is 81.7 Å². The lowest BCUT2D eigenvalue weighted by Gasteiger charge is -2.29. The Balaban J connectivity index is 1.90. The van der Waals surface area contributed by atoms with E-state index in [-0.39, 0.29) is 24.4 Å². The Morgan fingerprint density at radius 1 is 1.44 bits per heavy atom. The van der Waals surface area contributed by atoms with Crippen LogP contribution < -0.4 is 10.6 Å². The van der Waals surface area contributed by atoms with E-state index >= 15 is 0 Å². The van der Waals surface area contributed by atoms with Gasteiger partial charge in [-0.15, -0.1) is 0 Å². The van der Waals surface area contributed by atoms with Crippen molar-refractivity contribution in [1.82, 2.24) is 15.5 Å². The van der Waals surface area contributed by atoms with Gasteiger partial charge in [0.05, 0.1) is 12.1 Å². The third kappa shape index (κ3) is 3.20. The molecule has 2 saturated heterocycles. The molecule has 2 aliphatic rings. The van der Waals surface area contributed by atoms with Gasteiger partial charge in [0.15, 0.2) is 0 Å². The molecule has 0 aromatic rings. The van der Waals surface area contributed by atoms with Gasteiger partial charge in [0.25, 0.3) is 0 Å². The monoisotopic (exact) mass is 255 g/mol. The Labute approximate surface area is 107 Å². The summed E-state index contributed by atoms with van der Waals surface area (Å²) >= 11 is 0. The van der Waals surface area contributed by atoms with Gasteiger partial charge in [0.2, 0.25) is 11.8 Å². The van der Waals surface area contributed by atoms with Crippen molar-refractivity contribution in [1.29, 1.82) is 0 Å². The van der Waals surface area contributed by atoms with Gasteiger partial charge in [-0.05, 0) is 26.2 Å². The van der Waals surface area contributed by atoms with Crippen LogP contribution in [0, 0.1) is 0 Å². The van der Waals surface area contributed by atoms with Crippen LogP contribution in [0.4, 0.5) is 0 Å². The summed E-state index contributed by atoms with van der Waals surface area (Å²) in [5.74, 6) is -0.0504. The van der Waals surface area contributed by atoms with E-state index < -0.39 is 5.60 Å². The van der Waals surface area contributed by atoms with E-state index in [4.69, 9.17) is 0 Å². The highest BCUT2D eigenvalue weighted by molar-refractivity contribution is 5.86. The third-order valence-corrected chi connectivity index (χ3v) is 3.69. The molecule has 0 aromatic heterocycles. The molecule has 0 spiro atoms. The van der Waals surface area contributed by atoms with E-state index in [0.29, 0.717) is 26.1 Å². The minimum atomic E-state index is -0.663. The quantitative estimate of drug-likeness (QED) is 0.552. The first kappa shape index (κ1) is 13.3. The summed E-state index contributed by atoms with van der Waals surface area (Å²) in [5.41, 5.74) is -0.663. The van der Waals surface area contributed by atoms with Crippen molar-refractivity contribution in [2.24, 2.45) is 0 Å². The zero-order valence-corrected chi connectivity index (χ0v) is 10.7.